The number of benzene rings is 4. The van der Waals surface area contributed by atoms with E-state index in [1.54, 1.807) is 42.5 Å². The molecule has 2 atom stereocenters. The molecule has 0 radical (unpaired) electrons. The smallest absolute Gasteiger partial charge is 0.346 e. The van der Waals surface area contributed by atoms with E-state index < -0.39 is 11.9 Å². The maximum atomic E-state index is 12.2. The van der Waals surface area contributed by atoms with Gasteiger partial charge in [0.15, 0.2) is 0 Å². The van der Waals surface area contributed by atoms with Crippen molar-refractivity contribution in [1.29, 1.82) is 0 Å². The third kappa shape index (κ3) is 15.6. The van der Waals surface area contributed by atoms with Crippen LogP contribution in [0.25, 0.3) is 0 Å². The summed E-state index contributed by atoms with van der Waals surface area (Å²) >= 11 is 16.7. The van der Waals surface area contributed by atoms with Crippen molar-refractivity contribution < 1.29 is 38.1 Å². The largest absolute Gasteiger partial charge is 0.476 e. The number of halogens is 5. The van der Waals surface area contributed by atoms with Crippen LogP contribution in [0.2, 0.25) is 0 Å². The van der Waals surface area contributed by atoms with Gasteiger partial charge >= 0.3 is 23.9 Å². The molecule has 2 aliphatic rings. The van der Waals surface area contributed by atoms with Crippen LogP contribution in [0, 0.1) is 0 Å². The summed E-state index contributed by atoms with van der Waals surface area (Å²) in [5, 5.41) is 1.59. The van der Waals surface area contributed by atoms with E-state index in [0.717, 1.165) is 32.9 Å². The Morgan fingerprint density at radius 1 is 0.821 bits per heavy atom. The number of ether oxygens (including phenoxy) is 4. The molecule has 0 saturated heterocycles. The molecule has 0 spiro atoms. The first kappa shape index (κ1) is 47.2. The molecule has 4 aromatic rings. The Balaban J connectivity index is 0.000000217. The molecule has 2 aliphatic heterocycles. The number of hydrogen-bond donors (Lipinski definition) is 0. The van der Waals surface area contributed by atoms with Crippen LogP contribution in [0.1, 0.15) is 99.2 Å². The van der Waals surface area contributed by atoms with Gasteiger partial charge in [0.2, 0.25) is 5.90 Å². The van der Waals surface area contributed by atoms with Crippen molar-refractivity contribution in [3.63, 3.8) is 0 Å². The van der Waals surface area contributed by atoms with Gasteiger partial charge in [-0.15, -0.1) is 0 Å². The summed E-state index contributed by atoms with van der Waals surface area (Å²) in [5.41, 5.74) is 5.12. The summed E-state index contributed by atoms with van der Waals surface area (Å²) in [6.07, 6.45) is 0.759. The van der Waals surface area contributed by atoms with Crippen molar-refractivity contribution >= 4 is 109 Å². The highest BCUT2D eigenvalue weighted by molar-refractivity contribution is 9.10. The van der Waals surface area contributed by atoms with Crippen LogP contribution < -0.4 is 4.74 Å². The zero-order valence-corrected chi connectivity index (χ0v) is 39.4. The van der Waals surface area contributed by atoms with E-state index >= 15 is 0 Å². The lowest BCUT2D eigenvalue weighted by Gasteiger charge is -2.20. The molecule has 0 aromatic heterocycles. The summed E-state index contributed by atoms with van der Waals surface area (Å²) in [7, 11) is 0. The molecule has 2 unspecified atom stereocenters. The average Bonchev–Trinajstić information content (AvgIpc) is 3.83. The topological polar surface area (TPSA) is 118 Å². The number of esters is 4. The van der Waals surface area contributed by atoms with E-state index in [2.05, 4.69) is 102 Å². The molecule has 0 N–H and O–H groups in total. The van der Waals surface area contributed by atoms with Gasteiger partial charge in [0, 0.05) is 25.5 Å². The number of carbonyl (C=O) groups is 4. The van der Waals surface area contributed by atoms with Crippen molar-refractivity contribution in [2.75, 3.05) is 13.2 Å². The van der Waals surface area contributed by atoms with Gasteiger partial charge in [-0.3, -0.25) is 4.79 Å². The van der Waals surface area contributed by atoms with Gasteiger partial charge in [0.05, 0.1) is 23.2 Å². The van der Waals surface area contributed by atoms with Crippen molar-refractivity contribution in [2.45, 2.75) is 67.0 Å². The molecule has 14 heteroatoms. The molecular weight excluding hydrogens is 1050 g/mol. The lowest BCUT2D eigenvalue weighted by Crippen LogP contribution is -2.28. The SMILES string of the molecule is BrCc1ccc(Br)cc1.CC(Br)c1ccc(C(=O)Oc2ccc(C3=NCCO3)cc2)cc1.CCC(Br)C(=O)OC(C)(C)C.O=C1OC(=O)c2cc(CBr)ccc21. The zero-order valence-electron chi connectivity index (χ0n) is 31.5. The van der Waals surface area contributed by atoms with Crippen molar-refractivity contribution in [3.05, 3.63) is 134 Å². The third-order valence-electron chi connectivity index (χ3n) is 7.46. The lowest BCUT2D eigenvalue weighted by molar-refractivity contribution is -0.153. The first-order valence-corrected chi connectivity index (χ1v) is 22.3. The summed E-state index contributed by atoms with van der Waals surface area (Å²) < 4.78 is 21.5. The highest BCUT2D eigenvalue weighted by Crippen LogP contribution is 2.24. The minimum Gasteiger partial charge on any atom is -0.476 e. The van der Waals surface area contributed by atoms with Gasteiger partial charge in [-0.1, -0.05) is 117 Å². The maximum Gasteiger partial charge on any atom is 0.346 e. The fourth-order valence-corrected chi connectivity index (χ4v) is 5.93. The monoisotopic (exact) mass is 1080 g/mol. The van der Waals surface area contributed by atoms with Gasteiger partial charge in [0.25, 0.3) is 0 Å². The number of alkyl halides is 4. The molecule has 0 fully saturated rings. The Morgan fingerprint density at radius 2 is 1.41 bits per heavy atom. The molecule has 6 rings (SSSR count). The van der Waals surface area contributed by atoms with Crippen LogP contribution >= 0.6 is 79.6 Å². The van der Waals surface area contributed by atoms with Gasteiger partial charge in [-0.2, -0.15) is 0 Å². The summed E-state index contributed by atoms with van der Waals surface area (Å²) in [5.74, 6) is -0.525. The molecule has 0 bridgehead atoms. The van der Waals surface area contributed by atoms with Gasteiger partial charge in [-0.05, 0) is 111 Å². The van der Waals surface area contributed by atoms with Crippen molar-refractivity contribution in [2.24, 2.45) is 4.99 Å². The molecular formula is C42H42Br5NO8. The molecule has 0 saturated carbocycles. The molecule has 9 nitrogen and oxygen atoms in total. The summed E-state index contributed by atoms with van der Waals surface area (Å²) in [4.78, 5) is 49.7. The van der Waals surface area contributed by atoms with E-state index in [1.807, 2.05) is 71.0 Å². The second-order valence-corrected chi connectivity index (χ2v) is 17.6. The maximum absolute atomic E-state index is 12.2. The van der Waals surface area contributed by atoms with E-state index in [0.29, 0.717) is 46.8 Å². The van der Waals surface area contributed by atoms with Crippen LogP contribution in [-0.4, -0.2) is 53.4 Å². The van der Waals surface area contributed by atoms with E-state index in [4.69, 9.17) is 14.2 Å². The van der Waals surface area contributed by atoms with E-state index in [-0.39, 0.29) is 27.2 Å². The van der Waals surface area contributed by atoms with E-state index in [1.165, 1.54) is 5.56 Å². The second-order valence-electron chi connectivity index (χ2n) is 13.0. The van der Waals surface area contributed by atoms with Crippen molar-refractivity contribution in [3.8, 4) is 5.75 Å². The minimum atomic E-state index is -0.555. The number of cyclic esters (lactones) is 2. The minimum absolute atomic E-state index is 0.165. The standard InChI is InChI=1S/C18H16BrNO3.C9H5BrO3.C8H15BrO2.C7H6Br2/c1-12(19)13-2-4-15(5-3-13)18(21)23-16-8-6-14(7-9-16)17-20-10-11-22-17;10-4-5-1-2-6-7(3-5)9(12)13-8(6)11;1-5-6(9)7(10)11-8(2,3)4;8-5-6-1-3-7(9)4-2-6/h2-9,12H,10-11H2,1H3;1-3H,4H2;6H,5H2,1-4H3;1-4H,5H2. The first-order valence-electron chi connectivity index (χ1n) is 17.4. The zero-order chi connectivity index (χ0) is 41.4. The molecule has 0 amide bonds. The fourth-order valence-electron chi connectivity index (χ4n) is 4.55. The van der Waals surface area contributed by atoms with Crippen LogP contribution in [0.4, 0.5) is 0 Å². The van der Waals surface area contributed by atoms with E-state index in [9.17, 15) is 19.2 Å². The third-order valence-corrected chi connectivity index (χ3v) is 10.8. The summed E-state index contributed by atoms with van der Waals surface area (Å²) in [6, 6.07) is 27.8. The normalized spacial score (nSPS) is 13.7. The van der Waals surface area contributed by atoms with Gasteiger partial charge in [0.1, 0.15) is 22.8 Å². The highest BCUT2D eigenvalue weighted by Gasteiger charge is 2.29. The predicted molar refractivity (Wildman–Crippen MR) is 237 cm³/mol. The Labute approximate surface area is 370 Å². The Kier molecular flexibility index (Phi) is 19.6. The number of rotatable bonds is 8. The van der Waals surface area contributed by atoms with Crippen LogP contribution in [0.15, 0.2) is 100 Å². The fraction of sp³-hybridized carbons (Fsp3) is 0.310. The second kappa shape index (κ2) is 23.3. The average molecular weight is 1090 g/mol. The number of fused-ring (bicyclic) bond motifs is 1. The highest BCUT2D eigenvalue weighted by atomic mass is 79.9. The lowest BCUT2D eigenvalue weighted by atomic mass is 10.1. The number of aliphatic imine (C=N–C) groups is 1. The number of nitrogens with zero attached hydrogens (tertiary/aromatic N) is 1. The quantitative estimate of drug-likeness (QED) is 0.0741. The molecule has 0 aliphatic carbocycles. The molecule has 298 valence electrons. The Morgan fingerprint density at radius 3 is 1.93 bits per heavy atom. The van der Waals surface area contributed by atoms with Gasteiger partial charge in [-0.25, -0.2) is 19.4 Å². The Bertz CT molecular complexity index is 1960. The number of carbonyl (C=O) groups excluding carboxylic acids is 4. The predicted octanol–water partition coefficient (Wildman–Crippen LogP) is 11.9. The van der Waals surface area contributed by atoms with Gasteiger partial charge < -0.3 is 18.9 Å². The number of hydrogen-bond acceptors (Lipinski definition) is 9. The summed E-state index contributed by atoms with van der Waals surface area (Å²) in [6.45, 7) is 10.9. The van der Waals surface area contributed by atoms with Crippen molar-refractivity contribution in [1.82, 2.24) is 0 Å². The van der Waals surface area contributed by atoms with Crippen LogP contribution in [0.5, 0.6) is 5.75 Å². The van der Waals surface area contributed by atoms with Crippen LogP contribution in [-0.2, 0) is 29.7 Å². The Hall–Kier alpha value is -3.17. The molecule has 2 heterocycles. The molecule has 56 heavy (non-hydrogen) atoms. The van der Waals surface area contributed by atoms with Crippen LogP contribution in [0.3, 0.4) is 0 Å². The first-order chi connectivity index (χ1) is 26.5. The molecule has 4 aromatic carbocycles.